The molecule has 0 aliphatic carbocycles. The third-order valence-corrected chi connectivity index (χ3v) is 6.81. The van der Waals surface area contributed by atoms with E-state index in [-0.39, 0.29) is 0 Å². The van der Waals surface area contributed by atoms with Crippen molar-refractivity contribution in [3.05, 3.63) is 72.0 Å². The molecule has 2 aromatic heterocycles. The molecule has 0 saturated carbocycles. The molecule has 4 aromatic rings. The van der Waals surface area contributed by atoms with Gasteiger partial charge in [0.25, 0.3) is 0 Å². The van der Waals surface area contributed by atoms with Crippen LogP contribution in [-0.2, 0) is 6.54 Å². The van der Waals surface area contributed by atoms with Crippen LogP contribution in [0.15, 0.2) is 65.1 Å². The quantitative estimate of drug-likeness (QED) is 0.245. The van der Waals surface area contributed by atoms with E-state index in [1.807, 2.05) is 37.3 Å². The fraction of sp³-hybridized carbons (Fsp3) is 0.367. The van der Waals surface area contributed by atoms with Crippen molar-refractivity contribution in [2.24, 2.45) is 0 Å². The molecule has 6 heteroatoms. The summed E-state index contributed by atoms with van der Waals surface area (Å²) in [4.78, 5) is 9.73. The van der Waals surface area contributed by atoms with Crippen LogP contribution in [0.4, 0.5) is 5.69 Å². The number of pyridine rings is 1. The van der Waals surface area contributed by atoms with Gasteiger partial charge in [-0.15, -0.1) is 0 Å². The minimum Gasteiger partial charge on any atom is -0.493 e. The standard InChI is InChI=1S/C30H35N3O3/c1-22-12-13-28(36-22)26-19-27(32(2)21-23-10-5-4-6-11-23)24-18-29(34-3)30(20-25(24)31-26)35-17-9-16-33-14-7-8-15-33/h4-6,10-13,18-20H,7-9,14-17,21H2,1-3H3. The summed E-state index contributed by atoms with van der Waals surface area (Å²) >= 11 is 0. The Morgan fingerprint density at radius 3 is 2.53 bits per heavy atom. The van der Waals surface area contributed by atoms with E-state index in [1.54, 1.807) is 7.11 Å². The van der Waals surface area contributed by atoms with Gasteiger partial charge in [-0.1, -0.05) is 30.3 Å². The third-order valence-electron chi connectivity index (χ3n) is 6.81. The maximum absolute atomic E-state index is 6.21. The Kier molecular flexibility index (Phi) is 7.42. The first-order valence-electron chi connectivity index (χ1n) is 12.8. The van der Waals surface area contributed by atoms with Crippen LogP contribution in [0.25, 0.3) is 22.4 Å². The lowest BCUT2D eigenvalue weighted by atomic mass is 10.1. The van der Waals surface area contributed by atoms with Crippen LogP contribution >= 0.6 is 0 Å². The Balaban J connectivity index is 1.48. The first kappa shape index (κ1) is 24.2. The number of rotatable bonds is 10. The molecule has 0 radical (unpaired) electrons. The van der Waals surface area contributed by atoms with Gasteiger partial charge in [-0.2, -0.15) is 0 Å². The van der Waals surface area contributed by atoms with Gasteiger partial charge in [0.05, 0.1) is 19.2 Å². The van der Waals surface area contributed by atoms with Gasteiger partial charge in [0, 0.05) is 37.3 Å². The Morgan fingerprint density at radius 2 is 1.81 bits per heavy atom. The van der Waals surface area contributed by atoms with E-state index in [9.17, 15) is 0 Å². The highest BCUT2D eigenvalue weighted by molar-refractivity contribution is 5.96. The van der Waals surface area contributed by atoms with E-state index in [4.69, 9.17) is 18.9 Å². The minimum absolute atomic E-state index is 0.649. The zero-order valence-corrected chi connectivity index (χ0v) is 21.5. The van der Waals surface area contributed by atoms with E-state index in [0.29, 0.717) is 6.61 Å². The number of aromatic nitrogens is 1. The normalized spacial score (nSPS) is 13.9. The lowest BCUT2D eigenvalue weighted by molar-refractivity contribution is 0.254. The zero-order chi connectivity index (χ0) is 24.9. The third kappa shape index (κ3) is 5.49. The molecular formula is C30H35N3O3. The van der Waals surface area contributed by atoms with Crippen LogP contribution in [0.1, 0.15) is 30.6 Å². The van der Waals surface area contributed by atoms with Gasteiger partial charge >= 0.3 is 0 Å². The molecule has 0 atom stereocenters. The molecule has 1 aliphatic rings. The highest BCUT2D eigenvalue weighted by atomic mass is 16.5. The van der Waals surface area contributed by atoms with E-state index in [2.05, 4.69) is 47.2 Å². The molecule has 36 heavy (non-hydrogen) atoms. The van der Waals surface area contributed by atoms with Crippen molar-refractivity contribution in [3.63, 3.8) is 0 Å². The van der Waals surface area contributed by atoms with Crippen molar-refractivity contribution >= 4 is 16.6 Å². The molecule has 1 fully saturated rings. The molecule has 0 bridgehead atoms. The van der Waals surface area contributed by atoms with Gasteiger partial charge in [0.2, 0.25) is 0 Å². The van der Waals surface area contributed by atoms with Crippen LogP contribution in [0.2, 0.25) is 0 Å². The highest BCUT2D eigenvalue weighted by Gasteiger charge is 2.18. The Hall–Kier alpha value is -3.51. The van der Waals surface area contributed by atoms with Crippen molar-refractivity contribution in [2.75, 3.05) is 45.3 Å². The fourth-order valence-corrected chi connectivity index (χ4v) is 4.92. The van der Waals surface area contributed by atoms with Gasteiger partial charge < -0.3 is 23.7 Å². The predicted octanol–water partition coefficient (Wildman–Crippen LogP) is 6.31. The number of furan rings is 1. The largest absolute Gasteiger partial charge is 0.493 e. The number of anilines is 1. The van der Waals surface area contributed by atoms with Gasteiger partial charge in [-0.3, -0.25) is 0 Å². The first-order valence-corrected chi connectivity index (χ1v) is 12.8. The summed E-state index contributed by atoms with van der Waals surface area (Å²) in [6.07, 6.45) is 3.61. The van der Waals surface area contributed by atoms with Crippen molar-refractivity contribution < 1.29 is 13.9 Å². The summed E-state index contributed by atoms with van der Waals surface area (Å²) in [6, 6.07) is 20.6. The predicted molar refractivity (Wildman–Crippen MR) is 145 cm³/mol. The summed E-state index contributed by atoms with van der Waals surface area (Å²) in [5, 5.41) is 1.02. The lowest BCUT2D eigenvalue weighted by Gasteiger charge is -2.23. The molecule has 0 unspecified atom stereocenters. The van der Waals surface area contributed by atoms with Gasteiger partial charge in [0.15, 0.2) is 17.3 Å². The van der Waals surface area contributed by atoms with Gasteiger partial charge in [-0.25, -0.2) is 4.98 Å². The molecule has 3 heterocycles. The molecule has 0 amide bonds. The number of hydrogen-bond acceptors (Lipinski definition) is 6. The van der Waals surface area contributed by atoms with Gasteiger partial charge in [-0.05, 0) is 69.1 Å². The average Bonchev–Trinajstić information content (AvgIpc) is 3.58. The second-order valence-electron chi connectivity index (χ2n) is 9.55. The maximum atomic E-state index is 6.21. The number of methoxy groups -OCH3 is 1. The molecule has 188 valence electrons. The van der Waals surface area contributed by atoms with Crippen LogP contribution in [0.5, 0.6) is 11.5 Å². The molecule has 0 spiro atoms. The topological polar surface area (TPSA) is 51.0 Å². The molecule has 1 saturated heterocycles. The summed E-state index contributed by atoms with van der Waals surface area (Å²) in [5.74, 6) is 3.07. The van der Waals surface area contributed by atoms with Crippen molar-refractivity contribution in [1.29, 1.82) is 0 Å². The molecular weight excluding hydrogens is 450 g/mol. The minimum atomic E-state index is 0.649. The summed E-state index contributed by atoms with van der Waals surface area (Å²) in [6.45, 7) is 6.86. The lowest BCUT2D eigenvalue weighted by Crippen LogP contribution is -2.22. The maximum Gasteiger partial charge on any atom is 0.163 e. The van der Waals surface area contributed by atoms with E-state index in [0.717, 1.165) is 64.8 Å². The smallest absolute Gasteiger partial charge is 0.163 e. The number of nitrogens with zero attached hydrogens (tertiary/aromatic N) is 3. The second-order valence-corrected chi connectivity index (χ2v) is 9.55. The van der Waals surface area contributed by atoms with Crippen LogP contribution in [0, 0.1) is 6.92 Å². The number of ether oxygens (including phenoxy) is 2. The second kappa shape index (κ2) is 11.0. The monoisotopic (exact) mass is 485 g/mol. The molecule has 5 rings (SSSR count). The average molecular weight is 486 g/mol. The van der Waals surface area contributed by atoms with Crippen molar-refractivity contribution in [1.82, 2.24) is 9.88 Å². The van der Waals surface area contributed by atoms with Gasteiger partial charge in [0.1, 0.15) is 11.5 Å². The molecule has 0 N–H and O–H groups in total. The first-order chi connectivity index (χ1) is 17.6. The highest BCUT2D eigenvalue weighted by Crippen LogP contribution is 2.38. The van der Waals surface area contributed by atoms with Crippen molar-refractivity contribution in [2.45, 2.75) is 32.7 Å². The Labute approximate surface area is 213 Å². The zero-order valence-electron chi connectivity index (χ0n) is 21.5. The number of hydrogen-bond donors (Lipinski definition) is 0. The summed E-state index contributed by atoms with van der Waals surface area (Å²) in [7, 11) is 3.80. The molecule has 1 aliphatic heterocycles. The summed E-state index contributed by atoms with van der Waals surface area (Å²) < 4.78 is 17.9. The molecule has 2 aromatic carbocycles. The van der Waals surface area contributed by atoms with E-state index in [1.165, 1.54) is 31.5 Å². The van der Waals surface area contributed by atoms with E-state index < -0.39 is 0 Å². The summed E-state index contributed by atoms with van der Waals surface area (Å²) in [5.41, 5.74) is 3.96. The number of benzene rings is 2. The number of likely N-dealkylation sites (tertiary alicyclic amines) is 1. The Bertz CT molecular complexity index is 1300. The van der Waals surface area contributed by atoms with Crippen LogP contribution in [-0.4, -0.2) is 50.3 Å². The Morgan fingerprint density at radius 1 is 1.00 bits per heavy atom. The van der Waals surface area contributed by atoms with Crippen LogP contribution in [0.3, 0.4) is 0 Å². The number of fused-ring (bicyclic) bond motifs is 1. The SMILES string of the molecule is COc1cc2c(N(C)Cc3ccccc3)cc(-c3ccc(C)o3)nc2cc1OCCCN1CCCC1. The van der Waals surface area contributed by atoms with Crippen molar-refractivity contribution in [3.8, 4) is 23.0 Å². The molecule has 6 nitrogen and oxygen atoms in total. The van der Waals surface area contributed by atoms with Crippen LogP contribution < -0.4 is 14.4 Å². The van der Waals surface area contributed by atoms with E-state index >= 15 is 0 Å². The fourth-order valence-electron chi connectivity index (χ4n) is 4.92. The number of aryl methyl sites for hydroxylation is 1.